The second-order valence-corrected chi connectivity index (χ2v) is 6.95. The van der Waals surface area contributed by atoms with Crippen molar-refractivity contribution in [1.82, 2.24) is 19.9 Å². The van der Waals surface area contributed by atoms with Crippen LogP contribution in [-0.4, -0.2) is 39.9 Å². The Morgan fingerprint density at radius 2 is 2.14 bits per heavy atom. The largest absolute Gasteiger partial charge is 0.348 e. The SMILES string of the molecule is CN(C)C(=O)Cc1nc(CSc2nc3ccccc3[nH]2)cs1. The number of nitrogens with one attached hydrogen (secondary N) is 1. The lowest BCUT2D eigenvalue weighted by atomic mass is 10.3. The molecular formula is C15H16N4OS2. The number of thiazole rings is 1. The smallest absolute Gasteiger partial charge is 0.228 e. The molecule has 1 aromatic carbocycles. The number of hydrogen-bond donors (Lipinski definition) is 1. The molecule has 2 aromatic heterocycles. The van der Waals surface area contributed by atoms with Gasteiger partial charge in [0.1, 0.15) is 5.01 Å². The zero-order valence-electron chi connectivity index (χ0n) is 12.4. The van der Waals surface area contributed by atoms with Crippen LogP contribution in [0, 0.1) is 0 Å². The van der Waals surface area contributed by atoms with Gasteiger partial charge in [-0.2, -0.15) is 0 Å². The summed E-state index contributed by atoms with van der Waals surface area (Å²) in [5, 5.41) is 3.76. The summed E-state index contributed by atoms with van der Waals surface area (Å²) in [6, 6.07) is 7.97. The van der Waals surface area contributed by atoms with Gasteiger partial charge in [0.15, 0.2) is 5.16 Å². The van der Waals surface area contributed by atoms with Crippen molar-refractivity contribution in [2.24, 2.45) is 0 Å². The van der Waals surface area contributed by atoms with E-state index in [4.69, 9.17) is 0 Å². The van der Waals surface area contributed by atoms with Crippen LogP contribution < -0.4 is 0 Å². The summed E-state index contributed by atoms with van der Waals surface area (Å²) < 4.78 is 0. The lowest BCUT2D eigenvalue weighted by Gasteiger charge is -2.07. The van der Waals surface area contributed by atoms with Gasteiger partial charge in [0.05, 0.1) is 23.1 Å². The molecule has 0 bridgehead atoms. The van der Waals surface area contributed by atoms with Crippen molar-refractivity contribution in [3.8, 4) is 0 Å². The predicted molar refractivity (Wildman–Crippen MR) is 90.2 cm³/mol. The lowest BCUT2D eigenvalue weighted by Crippen LogP contribution is -2.23. The van der Waals surface area contributed by atoms with E-state index in [2.05, 4.69) is 15.0 Å². The maximum Gasteiger partial charge on any atom is 0.228 e. The highest BCUT2D eigenvalue weighted by Gasteiger charge is 2.10. The highest BCUT2D eigenvalue weighted by atomic mass is 32.2. The van der Waals surface area contributed by atoms with Crippen LogP contribution in [0.15, 0.2) is 34.8 Å². The minimum Gasteiger partial charge on any atom is -0.348 e. The lowest BCUT2D eigenvalue weighted by molar-refractivity contribution is -0.127. The number of fused-ring (bicyclic) bond motifs is 1. The van der Waals surface area contributed by atoms with Crippen molar-refractivity contribution in [3.05, 3.63) is 40.3 Å². The molecule has 1 N–H and O–H groups in total. The van der Waals surface area contributed by atoms with Gasteiger partial charge in [-0.15, -0.1) is 11.3 Å². The van der Waals surface area contributed by atoms with Gasteiger partial charge in [0.25, 0.3) is 0 Å². The first kappa shape index (κ1) is 15.1. The average molecular weight is 332 g/mol. The molecule has 3 rings (SSSR count). The number of nitrogens with zero attached hydrogens (tertiary/aromatic N) is 3. The van der Waals surface area contributed by atoms with Crippen molar-refractivity contribution in [3.63, 3.8) is 0 Å². The van der Waals surface area contributed by atoms with Gasteiger partial charge in [0, 0.05) is 25.2 Å². The number of carbonyl (C=O) groups is 1. The van der Waals surface area contributed by atoms with E-state index in [1.54, 1.807) is 30.8 Å². The van der Waals surface area contributed by atoms with Gasteiger partial charge < -0.3 is 9.88 Å². The molecule has 0 aliphatic heterocycles. The maximum absolute atomic E-state index is 11.7. The van der Waals surface area contributed by atoms with E-state index in [1.165, 1.54) is 11.3 Å². The number of para-hydroxylation sites is 2. The number of H-pyrrole nitrogens is 1. The van der Waals surface area contributed by atoms with Crippen molar-refractivity contribution in [1.29, 1.82) is 0 Å². The molecule has 1 amide bonds. The normalized spacial score (nSPS) is 11.0. The van der Waals surface area contributed by atoms with Gasteiger partial charge in [0.2, 0.25) is 5.91 Å². The number of hydrogen-bond acceptors (Lipinski definition) is 5. The van der Waals surface area contributed by atoms with Gasteiger partial charge in [-0.1, -0.05) is 23.9 Å². The highest BCUT2D eigenvalue weighted by molar-refractivity contribution is 7.98. The van der Waals surface area contributed by atoms with E-state index >= 15 is 0 Å². The number of imidazole rings is 1. The third kappa shape index (κ3) is 3.48. The number of carbonyl (C=O) groups excluding carboxylic acids is 1. The molecule has 0 unspecified atom stereocenters. The molecule has 0 fully saturated rings. The summed E-state index contributed by atoms with van der Waals surface area (Å²) in [5.41, 5.74) is 3.00. The molecule has 0 aliphatic carbocycles. The van der Waals surface area contributed by atoms with Crippen LogP contribution in [0.3, 0.4) is 0 Å². The standard InChI is InChI=1S/C15H16N4OS2/c1-19(2)14(20)7-13-16-10(8-21-13)9-22-15-17-11-5-3-4-6-12(11)18-15/h3-6,8H,7,9H2,1-2H3,(H,17,18). The first-order valence-electron chi connectivity index (χ1n) is 6.83. The van der Waals surface area contributed by atoms with Crippen molar-refractivity contribution < 1.29 is 4.79 Å². The number of aromatic nitrogens is 3. The molecule has 3 aromatic rings. The molecule has 2 heterocycles. The van der Waals surface area contributed by atoms with Crippen LogP contribution in [0.4, 0.5) is 0 Å². The summed E-state index contributed by atoms with van der Waals surface area (Å²) in [6.45, 7) is 0. The first-order valence-corrected chi connectivity index (χ1v) is 8.69. The molecule has 7 heteroatoms. The minimum absolute atomic E-state index is 0.0748. The second kappa shape index (κ2) is 6.50. The Kier molecular flexibility index (Phi) is 4.44. The molecule has 114 valence electrons. The molecule has 0 radical (unpaired) electrons. The number of rotatable bonds is 5. The van der Waals surface area contributed by atoms with Crippen LogP contribution in [0.1, 0.15) is 10.7 Å². The minimum atomic E-state index is 0.0748. The van der Waals surface area contributed by atoms with Crippen LogP contribution in [0.25, 0.3) is 11.0 Å². The van der Waals surface area contributed by atoms with E-state index in [1.807, 2.05) is 29.6 Å². The molecule has 22 heavy (non-hydrogen) atoms. The molecule has 0 saturated carbocycles. The molecule has 0 aliphatic rings. The zero-order valence-corrected chi connectivity index (χ0v) is 14.0. The number of aromatic amines is 1. The van der Waals surface area contributed by atoms with E-state index in [0.717, 1.165) is 32.6 Å². The van der Waals surface area contributed by atoms with E-state index in [0.29, 0.717) is 6.42 Å². The Morgan fingerprint density at radius 3 is 2.91 bits per heavy atom. The summed E-state index contributed by atoms with van der Waals surface area (Å²) in [7, 11) is 3.52. The van der Waals surface area contributed by atoms with Gasteiger partial charge in [-0.05, 0) is 12.1 Å². The summed E-state index contributed by atoms with van der Waals surface area (Å²) >= 11 is 3.15. The fourth-order valence-corrected chi connectivity index (χ4v) is 3.59. The number of likely N-dealkylation sites (N-methyl/N-ethyl adjacent to an activating group) is 1. The second-order valence-electron chi connectivity index (χ2n) is 5.05. The van der Waals surface area contributed by atoms with E-state index in [-0.39, 0.29) is 5.91 Å². The summed E-state index contributed by atoms with van der Waals surface area (Å²) in [5.74, 6) is 0.817. The van der Waals surface area contributed by atoms with Crippen LogP contribution in [0.5, 0.6) is 0 Å². The third-order valence-corrected chi connectivity index (χ3v) is 4.93. The Morgan fingerprint density at radius 1 is 1.32 bits per heavy atom. The summed E-state index contributed by atoms with van der Waals surface area (Å²) in [4.78, 5) is 25.6. The Bertz CT molecular complexity index is 761. The fraction of sp³-hybridized carbons (Fsp3) is 0.267. The topological polar surface area (TPSA) is 61.9 Å². The number of amides is 1. The predicted octanol–water partition coefficient (Wildman–Crippen LogP) is 2.94. The highest BCUT2D eigenvalue weighted by Crippen LogP contribution is 2.24. The maximum atomic E-state index is 11.7. The molecule has 0 atom stereocenters. The Balaban J connectivity index is 1.62. The summed E-state index contributed by atoms with van der Waals surface area (Å²) in [6.07, 6.45) is 0.368. The van der Waals surface area contributed by atoms with Crippen LogP contribution in [-0.2, 0) is 17.0 Å². The first-order chi connectivity index (χ1) is 10.6. The van der Waals surface area contributed by atoms with Gasteiger partial charge >= 0.3 is 0 Å². The zero-order chi connectivity index (χ0) is 15.5. The fourth-order valence-electron chi connectivity index (χ4n) is 1.92. The molecule has 0 spiro atoms. The van der Waals surface area contributed by atoms with Crippen molar-refractivity contribution in [2.75, 3.05) is 14.1 Å². The van der Waals surface area contributed by atoms with E-state index in [9.17, 15) is 4.79 Å². The molecular weight excluding hydrogens is 316 g/mol. The number of benzene rings is 1. The number of thioether (sulfide) groups is 1. The van der Waals surface area contributed by atoms with Gasteiger partial charge in [-0.3, -0.25) is 4.79 Å². The monoisotopic (exact) mass is 332 g/mol. The quantitative estimate of drug-likeness (QED) is 0.730. The van der Waals surface area contributed by atoms with Crippen molar-refractivity contribution >= 4 is 40.0 Å². The molecule has 5 nitrogen and oxygen atoms in total. The van der Waals surface area contributed by atoms with E-state index < -0.39 is 0 Å². The Labute approximate surface area is 136 Å². The average Bonchev–Trinajstić information content (AvgIpc) is 3.10. The Hall–Kier alpha value is -1.86. The van der Waals surface area contributed by atoms with Crippen LogP contribution >= 0.6 is 23.1 Å². The third-order valence-electron chi connectivity index (χ3n) is 3.12. The molecule has 0 saturated heterocycles. The van der Waals surface area contributed by atoms with Crippen molar-refractivity contribution in [2.45, 2.75) is 17.3 Å². The van der Waals surface area contributed by atoms with Gasteiger partial charge in [-0.25, -0.2) is 9.97 Å². The van der Waals surface area contributed by atoms with Crippen LogP contribution in [0.2, 0.25) is 0 Å².